The third-order valence-electron chi connectivity index (χ3n) is 7.03. The molecular weight excluding hydrogens is 603 g/mol. The molecule has 0 saturated heterocycles. The van der Waals surface area contributed by atoms with E-state index in [1.165, 1.54) is 23.1 Å². The van der Waals surface area contributed by atoms with Crippen LogP contribution in [0.15, 0.2) is 77.7 Å². The van der Waals surface area contributed by atoms with E-state index in [0.29, 0.717) is 27.4 Å². The number of hydrogen-bond acceptors (Lipinski definition) is 4. The van der Waals surface area contributed by atoms with E-state index in [-0.39, 0.29) is 29.6 Å². The van der Waals surface area contributed by atoms with E-state index in [1.807, 2.05) is 13.8 Å². The Morgan fingerprint density at radius 2 is 1.60 bits per heavy atom. The van der Waals surface area contributed by atoms with E-state index >= 15 is 0 Å². The van der Waals surface area contributed by atoms with E-state index in [1.54, 1.807) is 50.2 Å². The maximum Gasteiger partial charge on any atom is 0.416 e. The molecule has 2 amide bonds. The van der Waals surface area contributed by atoms with E-state index in [0.717, 1.165) is 17.7 Å². The Kier molecular flexibility index (Phi) is 11.3. The van der Waals surface area contributed by atoms with Crippen molar-refractivity contribution in [1.29, 1.82) is 0 Å². The van der Waals surface area contributed by atoms with E-state index < -0.39 is 46.2 Å². The summed E-state index contributed by atoms with van der Waals surface area (Å²) in [7, 11) is -4.53. The van der Waals surface area contributed by atoms with E-state index in [9.17, 15) is 31.2 Å². The molecule has 0 aliphatic carbocycles. The Hall–Kier alpha value is -3.57. The van der Waals surface area contributed by atoms with Crippen LogP contribution in [0.4, 0.5) is 18.9 Å². The second kappa shape index (κ2) is 14.3. The topological polar surface area (TPSA) is 86.8 Å². The van der Waals surface area contributed by atoms with Gasteiger partial charge in [0.15, 0.2) is 0 Å². The Labute approximate surface area is 255 Å². The lowest BCUT2D eigenvalue weighted by Crippen LogP contribution is -2.53. The largest absolute Gasteiger partial charge is 0.416 e. The van der Waals surface area contributed by atoms with Crippen LogP contribution in [0.5, 0.6) is 0 Å². The van der Waals surface area contributed by atoms with Crippen molar-refractivity contribution in [2.45, 2.75) is 70.2 Å². The molecule has 2 atom stereocenters. The van der Waals surface area contributed by atoms with Gasteiger partial charge in [-0.15, -0.1) is 0 Å². The molecule has 232 valence electrons. The van der Waals surface area contributed by atoms with Crippen LogP contribution in [-0.2, 0) is 32.3 Å². The van der Waals surface area contributed by atoms with Crippen molar-refractivity contribution in [2.75, 3.05) is 10.8 Å². The molecule has 0 aliphatic heterocycles. The van der Waals surface area contributed by atoms with Crippen molar-refractivity contribution in [2.24, 2.45) is 0 Å². The minimum atomic E-state index is -4.75. The molecule has 0 heterocycles. The third-order valence-corrected chi connectivity index (χ3v) is 9.19. The molecule has 12 heteroatoms. The lowest BCUT2D eigenvalue weighted by molar-refractivity contribution is -0.140. The molecule has 7 nitrogen and oxygen atoms in total. The number of rotatable bonds is 12. The number of nitrogens with zero attached hydrogens (tertiary/aromatic N) is 2. The molecule has 0 spiro atoms. The van der Waals surface area contributed by atoms with Gasteiger partial charge in [0, 0.05) is 17.6 Å². The van der Waals surface area contributed by atoms with Crippen LogP contribution < -0.4 is 9.62 Å². The maximum atomic E-state index is 14.1. The van der Waals surface area contributed by atoms with Crippen molar-refractivity contribution in [3.8, 4) is 0 Å². The number of nitrogens with one attached hydrogen (secondary N) is 1. The second-order valence-corrected chi connectivity index (χ2v) is 12.5. The Bertz CT molecular complexity index is 1530. The van der Waals surface area contributed by atoms with Gasteiger partial charge in [0.1, 0.15) is 12.6 Å². The molecule has 3 aromatic rings. The lowest BCUT2D eigenvalue weighted by atomic mass is 10.1. The summed E-state index contributed by atoms with van der Waals surface area (Å²) >= 11 is 6.38. The fraction of sp³-hybridized carbons (Fsp3) is 0.355. The molecule has 43 heavy (non-hydrogen) atoms. The molecule has 0 saturated carbocycles. The highest BCUT2D eigenvalue weighted by atomic mass is 35.5. The minimum absolute atomic E-state index is 0.133. The molecule has 1 N–H and O–H groups in total. The summed E-state index contributed by atoms with van der Waals surface area (Å²) in [6.45, 7) is 6.17. The molecular formula is C31H35ClF3N3O4S. The third kappa shape index (κ3) is 8.51. The lowest BCUT2D eigenvalue weighted by Gasteiger charge is -2.34. The number of benzene rings is 3. The first-order valence-electron chi connectivity index (χ1n) is 13.8. The molecule has 0 unspecified atom stereocenters. The van der Waals surface area contributed by atoms with Crippen molar-refractivity contribution in [1.82, 2.24) is 10.2 Å². The van der Waals surface area contributed by atoms with Gasteiger partial charge in [-0.2, -0.15) is 13.2 Å². The van der Waals surface area contributed by atoms with Gasteiger partial charge in [0.2, 0.25) is 11.8 Å². The van der Waals surface area contributed by atoms with Gasteiger partial charge in [-0.1, -0.05) is 67.4 Å². The van der Waals surface area contributed by atoms with Gasteiger partial charge in [-0.3, -0.25) is 13.9 Å². The molecule has 0 bridgehead atoms. The van der Waals surface area contributed by atoms with E-state index in [2.05, 4.69) is 5.32 Å². The number of sulfonamides is 1. The zero-order valence-electron chi connectivity index (χ0n) is 24.4. The number of aryl methyl sites for hydroxylation is 1. The minimum Gasteiger partial charge on any atom is -0.352 e. The van der Waals surface area contributed by atoms with Gasteiger partial charge in [0.25, 0.3) is 10.0 Å². The fourth-order valence-corrected chi connectivity index (χ4v) is 5.98. The summed E-state index contributed by atoms with van der Waals surface area (Å²) in [5.41, 5.74) is -0.142. The smallest absolute Gasteiger partial charge is 0.352 e. The van der Waals surface area contributed by atoms with Crippen molar-refractivity contribution < 1.29 is 31.2 Å². The molecule has 3 rings (SSSR count). The highest BCUT2D eigenvalue weighted by Gasteiger charge is 2.36. The van der Waals surface area contributed by atoms with Gasteiger partial charge in [-0.25, -0.2) is 8.42 Å². The number of hydrogen-bond donors (Lipinski definition) is 1. The van der Waals surface area contributed by atoms with E-state index in [4.69, 9.17) is 11.6 Å². The average Bonchev–Trinajstić information content (AvgIpc) is 2.96. The van der Waals surface area contributed by atoms with Crippen LogP contribution in [-0.4, -0.2) is 43.8 Å². The highest BCUT2D eigenvalue weighted by Crippen LogP contribution is 2.33. The Morgan fingerprint density at radius 3 is 2.19 bits per heavy atom. The summed E-state index contributed by atoms with van der Waals surface area (Å²) in [5.74, 6) is -1.23. The SMILES string of the molecule is CC[C@H](C(=O)N[C@@H](C)CC)N(Cc1ccccc1Cl)C(=O)CN(c1cccc(C(F)(F)F)c1)S(=O)(=O)c1ccc(C)cc1. The van der Waals surface area contributed by atoms with Crippen molar-refractivity contribution in [3.05, 3.63) is 94.5 Å². The van der Waals surface area contributed by atoms with Gasteiger partial charge in [-0.05, 0) is 68.7 Å². The van der Waals surface area contributed by atoms with Crippen molar-refractivity contribution in [3.63, 3.8) is 0 Å². The van der Waals surface area contributed by atoms with Gasteiger partial charge < -0.3 is 10.2 Å². The summed E-state index contributed by atoms with van der Waals surface area (Å²) in [5, 5.41) is 3.20. The highest BCUT2D eigenvalue weighted by molar-refractivity contribution is 7.92. The first-order chi connectivity index (χ1) is 20.2. The molecule has 0 aliphatic rings. The van der Waals surface area contributed by atoms with Crippen molar-refractivity contribution >= 4 is 39.1 Å². The maximum absolute atomic E-state index is 14.1. The summed E-state index contributed by atoms with van der Waals surface area (Å²) in [6, 6.07) is 15.0. The van der Waals surface area contributed by atoms with Crippen LogP contribution in [0, 0.1) is 6.92 Å². The number of alkyl halides is 3. The molecule has 0 fully saturated rings. The fourth-order valence-electron chi connectivity index (χ4n) is 4.37. The normalized spacial score (nSPS) is 13.2. The summed E-state index contributed by atoms with van der Waals surface area (Å²) in [6.07, 6.45) is -3.93. The standard InChI is InChI=1S/C31H35ClF3N3O4S/c1-5-22(4)36-30(40)28(6-2)37(19-23-10-7-8-13-27(23)32)29(39)20-38(25-12-9-11-24(18-25)31(33,34)35)43(41,42)26-16-14-21(3)15-17-26/h7-18,22,28H,5-6,19-20H2,1-4H3,(H,36,40)/t22-,28+/m0/s1. The predicted molar refractivity (Wildman–Crippen MR) is 161 cm³/mol. The Morgan fingerprint density at radius 1 is 0.953 bits per heavy atom. The first-order valence-corrected chi connectivity index (χ1v) is 15.6. The average molecular weight is 638 g/mol. The molecule has 0 radical (unpaired) electrons. The van der Waals surface area contributed by atoms with Crippen LogP contribution in [0.25, 0.3) is 0 Å². The van der Waals surface area contributed by atoms with Gasteiger partial charge in [0.05, 0.1) is 16.1 Å². The Balaban J connectivity index is 2.13. The number of carbonyl (C=O) groups is 2. The number of anilines is 1. The predicted octanol–water partition coefficient (Wildman–Crippen LogP) is 6.58. The van der Waals surface area contributed by atoms with Crippen LogP contribution in [0.1, 0.15) is 50.3 Å². The van der Waals surface area contributed by atoms with Crippen LogP contribution >= 0.6 is 11.6 Å². The quantitative estimate of drug-likeness (QED) is 0.243. The summed E-state index contributed by atoms with van der Waals surface area (Å²) in [4.78, 5) is 28.4. The van der Waals surface area contributed by atoms with Crippen LogP contribution in [0.3, 0.4) is 0 Å². The number of carbonyl (C=O) groups excluding carboxylic acids is 2. The molecule has 3 aromatic carbocycles. The first kappa shape index (κ1) is 33.9. The second-order valence-electron chi connectivity index (χ2n) is 10.2. The zero-order chi connectivity index (χ0) is 31.9. The summed E-state index contributed by atoms with van der Waals surface area (Å²) < 4.78 is 69.4. The van der Waals surface area contributed by atoms with Gasteiger partial charge >= 0.3 is 6.18 Å². The monoisotopic (exact) mass is 637 g/mol. The van der Waals surface area contributed by atoms with Crippen LogP contribution in [0.2, 0.25) is 5.02 Å². The number of amides is 2. The number of halogens is 4. The zero-order valence-corrected chi connectivity index (χ0v) is 25.9. The molecule has 0 aromatic heterocycles.